The maximum Gasteiger partial charge on any atom is 0.262 e. The monoisotopic (exact) mass is 469 g/mol. The summed E-state index contributed by atoms with van der Waals surface area (Å²) >= 11 is 1.51. The predicted molar refractivity (Wildman–Crippen MR) is 124 cm³/mol. The molecule has 0 bridgehead atoms. The van der Waals surface area contributed by atoms with Gasteiger partial charge in [-0.2, -0.15) is 0 Å². The fourth-order valence-electron chi connectivity index (χ4n) is 3.16. The Balaban J connectivity index is 1.58. The zero-order valence-electron chi connectivity index (χ0n) is 17.3. The number of amides is 1. The van der Waals surface area contributed by atoms with Gasteiger partial charge in [-0.3, -0.25) is 9.52 Å². The van der Waals surface area contributed by atoms with Gasteiger partial charge in [0.25, 0.3) is 15.9 Å². The maximum atomic E-state index is 13.9. The summed E-state index contributed by atoms with van der Waals surface area (Å²) in [6.45, 7) is 1.87. The van der Waals surface area contributed by atoms with E-state index < -0.39 is 15.8 Å². The summed E-state index contributed by atoms with van der Waals surface area (Å²) < 4.78 is 42.6. The molecule has 4 aromatic rings. The minimum Gasteiger partial charge on any atom is -0.333 e. The zero-order valence-corrected chi connectivity index (χ0v) is 19.0. The quantitative estimate of drug-likeness (QED) is 0.428. The molecule has 32 heavy (non-hydrogen) atoms. The Hall–Kier alpha value is -3.30. The summed E-state index contributed by atoms with van der Waals surface area (Å²) in [6.07, 6.45) is 0. The molecule has 164 valence electrons. The number of hydrogen-bond donors (Lipinski definition) is 1. The number of thiazole rings is 1. The number of rotatable bonds is 6. The minimum absolute atomic E-state index is 0.132. The Labute approximate surface area is 189 Å². The number of hydrogen-bond acceptors (Lipinski definition) is 5. The summed E-state index contributed by atoms with van der Waals surface area (Å²) in [7, 11) is -2.43. The third kappa shape index (κ3) is 4.35. The first-order valence-electron chi connectivity index (χ1n) is 9.76. The van der Waals surface area contributed by atoms with Crippen LogP contribution in [0.25, 0.3) is 10.2 Å². The lowest BCUT2D eigenvalue weighted by atomic mass is 10.2. The lowest BCUT2D eigenvalue weighted by Crippen LogP contribution is -2.29. The van der Waals surface area contributed by atoms with Crippen LogP contribution >= 0.6 is 11.3 Å². The first kappa shape index (κ1) is 21.9. The van der Waals surface area contributed by atoms with E-state index in [1.54, 1.807) is 13.1 Å². The van der Waals surface area contributed by atoms with Crippen molar-refractivity contribution in [2.75, 3.05) is 11.8 Å². The maximum absolute atomic E-state index is 13.9. The molecular weight excluding hydrogens is 449 g/mol. The Bertz CT molecular complexity index is 1370. The second-order valence-electron chi connectivity index (χ2n) is 7.23. The topological polar surface area (TPSA) is 79.4 Å². The average molecular weight is 470 g/mol. The van der Waals surface area contributed by atoms with Crippen LogP contribution in [-0.4, -0.2) is 31.3 Å². The van der Waals surface area contributed by atoms with Crippen LogP contribution < -0.4 is 4.72 Å². The second-order valence-corrected chi connectivity index (χ2v) is 9.97. The van der Waals surface area contributed by atoms with Crippen LogP contribution in [0.3, 0.4) is 0 Å². The Morgan fingerprint density at radius 2 is 1.78 bits per heavy atom. The molecular formula is C23H20FN3O3S2. The van der Waals surface area contributed by atoms with Crippen LogP contribution in [0.15, 0.2) is 77.7 Å². The molecule has 0 spiro atoms. The predicted octanol–water partition coefficient (Wildman–Crippen LogP) is 5.07. The van der Waals surface area contributed by atoms with Gasteiger partial charge < -0.3 is 4.90 Å². The first-order chi connectivity index (χ1) is 15.3. The lowest BCUT2D eigenvalue weighted by Gasteiger charge is -2.23. The van der Waals surface area contributed by atoms with E-state index in [1.165, 1.54) is 52.6 Å². The Morgan fingerprint density at radius 1 is 1.06 bits per heavy atom. The largest absolute Gasteiger partial charge is 0.333 e. The van der Waals surface area contributed by atoms with E-state index in [4.69, 9.17) is 0 Å². The van der Waals surface area contributed by atoms with Gasteiger partial charge in [0.05, 0.1) is 26.8 Å². The van der Waals surface area contributed by atoms with Gasteiger partial charge in [0.1, 0.15) is 10.8 Å². The van der Waals surface area contributed by atoms with Crippen LogP contribution in [0, 0.1) is 5.82 Å². The summed E-state index contributed by atoms with van der Waals surface area (Å²) in [5.41, 5.74) is 0.912. The highest BCUT2D eigenvalue weighted by atomic mass is 32.2. The molecule has 0 aliphatic carbocycles. The third-order valence-electron chi connectivity index (χ3n) is 5.08. The van der Waals surface area contributed by atoms with Crippen LogP contribution in [0.2, 0.25) is 0 Å². The first-order valence-corrected chi connectivity index (χ1v) is 12.1. The highest BCUT2D eigenvalue weighted by Crippen LogP contribution is 2.30. The van der Waals surface area contributed by atoms with Crippen molar-refractivity contribution in [3.8, 4) is 0 Å². The molecule has 0 unspecified atom stereocenters. The Kier molecular flexibility index (Phi) is 5.94. The molecule has 4 rings (SSSR count). The van der Waals surface area contributed by atoms with E-state index in [0.29, 0.717) is 0 Å². The van der Waals surface area contributed by atoms with Crippen LogP contribution in [0.4, 0.5) is 10.1 Å². The van der Waals surface area contributed by atoms with Gasteiger partial charge >= 0.3 is 0 Å². The van der Waals surface area contributed by atoms with Gasteiger partial charge in [-0.1, -0.05) is 30.3 Å². The highest BCUT2D eigenvalue weighted by molar-refractivity contribution is 7.92. The number of anilines is 1. The van der Waals surface area contributed by atoms with E-state index in [0.717, 1.165) is 21.3 Å². The van der Waals surface area contributed by atoms with Crippen molar-refractivity contribution >= 4 is 43.2 Å². The Morgan fingerprint density at radius 3 is 2.53 bits per heavy atom. The van der Waals surface area contributed by atoms with Gasteiger partial charge in [-0.15, -0.1) is 11.3 Å². The van der Waals surface area contributed by atoms with Crippen molar-refractivity contribution in [2.24, 2.45) is 0 Å². The molecule has 9 heteroatoms. The number of carbonyl (C=O) groups is 1. The van der Waals surface area contributed by atoms with Gasteiger partial charge in [0, 0.05) is 12.6 Å². The number of para-hydroxylation sites is 2. The van der Waals surface area contributed by atoms with Gasteiger partial charge in [-0.05, 0) is 49.4 Å². The molecule has 1 amide bonds. The van der Waals surface area contributed by atoms with Crippen molar-refractivity contribution in [3.05, 3.63) is 89.2 Å². The molecule has 1 atom stereocenters. The molecule has 1 N–H and O–H groups in total. The number of nitrogens with zero attached hydrogens (tertiary/aromatic N) is 2. The molecule has 6 nitrogen and oxygen atoms in total. The minimum atomic E-state index is -4.08. The number of sulfonamides is 1. The summed E-state index contributed by atoms with van der Waals surface area (Å²) in [6, 6.07) is 18.6. The summed E-state index contributed by atoms with van der Waals surface area (Å²) in [4.78, 5) is 19.1. The van der Waals surface area contributed by atoms with Gasteiger partial charge in [0.15, 0.2) is 0 Å². The lowest BCUT2D eigenvalue weighted by molar-refractivity contribution is 0.0742. The van der Waals surface area contributed by atoms with E-state index in [2.05, 4.69) is 9.71 Å². The molecule has 1 aromatic heterocycles. The summed E-state index contributed by atoms with van der Waals surface area (Å²) in [5.74, 6) is -1.03. The van der Waals surface area contributed by atoms with Gasteiger partial charge in [-0.25, -0.2) is 17.8 Å². The average Bonchev–Trinajstić information content (AvgIpc) is 3.23. The van der Waals surface area contributed by atoms with E-state index in [9.17, 15) is 17.6 Å². The smallest absolute Gasteiger partial charge is 0.262 e. The van der Waals surface area contributed by atoms with Crippen molar-refractivity contribution in [3.63, 3.8) is 0 Å². The number of nitrogens with one attached hydrogen (secondary N) is 1. The van der Waals surface area contributed by atoms with Crippen LogP contribution in [-0.2, 0) is 10.0 Å². The van der Waals surface area contributed by atoms with Crippen LogP contribution in [0.5, 0.6) is 0 Å². The fraction of sp³-hybridized carbons (Fsp3) is 0.130. The fourth-order valence-corrected chi connectivity index (χ4v) is 5.33. The molecule has 0 aliphatic heterocycles. The third-order valence-corrected chi connectivity index (χ3v) is 7.65. The normalized spacial score (nSPS) is 12.5. The van der Waals surface area contributed by atoms with Crippen molar-refractivity contribution in [1.29, 1.82) is 0 Å². The van der Waals surface area contributed by atoms with E-state index in [-0.39, 0.29) is 28.1 Å². The molecule has 0 saturated heterocycles. The van der Waals surface area contributed by atoms with Crippen molar-refractivity contribution in [1.82, 2.24) is 9.88 Å². The number of benzene rings is 3. The number of halogens is 1. The second kappa shape index (κ2) is 8.68. The molecule has 3 aromatic carbocycles. The molecule has 0 aliphatic rings. The van der Waals surface area contributed by atoms with Crippen molar-refractivity contribution in [2.45, 2.75) is 17.9 Å². The van der Waals surface area contributed by atoms with E-state index >= 15 is 0 Å². The molecule has 0 fully saturated rings. The van der Waals surface area contributed by atoms with Crippen LogP contribution in [0.1, 0.15) is 28.3 Å². The van der Waals surface area contributed by atoms with E-state index in [1.807, 2.05) is 31.2 Å². The molecule has 1 heterocycles. The standard InChI is InChI=1S/C23H20FN3O3S2/c1-15(22-25-20-12-5-6-13-21(20)31-22)27(2)23(28)16-8-7-9-17(14-16)32(29,30)26-19-11-4-3-10-18(19)24/h3-15,26H,1-2H3/t15-/m0/s1. The highest BCUT2D eigenvalue weighted by Gasteiger charge is 2.24. The number of carbonyl (C=O) groups excluding carboxylic acids is 1. The van der Waals surface area contributed by atoms with Gasteiger partial charge in [0.2, 0.25) is 0 Å². The number of fused-ring (bicyclic) bond motifs is 1. The SMILES string of the molecule is C[C@@H](c1nc2ccccc2s1)N(C)C(=O)c1cccc(S(=O)(=O)Nc2ccccc2F)c1. The summed E-state index contributed by atoms with van der Waals surface area (Å²) in [5, 5.41) is 0.784. The number of aromatic nitrogens is 1. The molecule has 0 saturated carbocycles. The van der Waals surface area contributed by atoms with Crippen molar-refractivity contribution < 1.29 is 17.6 Å². The molecule has 0 radical (unpaired) electrons. The zero-order chi connectivity index (χ0) is 22.9.